The lowest BCUT2D eigenvalue weighted by atomic mass is 9.93. The van der Waals surface area contributed by atoms with Crippen molar-refractivity contribution in [3.63, 3.8) is 0 Å². The first-order chi connectivity index (χ1) is 10.2. The van der Waals surface area contributed by atoms with E-state index in [0.29, 0.717) is 11.7 Å². The van der Waals surface area contributed by atoms with Crippen LogP contribution in [0.3, 0.4) is 0 Å². The maximum Gasteiger partial charge on any atom is 0.352 e. The van der Waals surface area contributed by atoms with Gasteiger partial charge in [0, 0.05) is 17.6 Å². The van der Waals surface area contributed by atoms with Crippen LogP contribution in [0, 0.1) is 0 Å². The van der Waals surface area contributed by atoms with Crippen LogP contribution in [0.15, 0.2) is 30.3 Å². The second-order valence-corrected chi connectivity index (χ2v) is 5.74. The minimum Gasteiger partial charge on any atom is -0.477 e. The van der Waals surface area contributed by atoms with Gasteiger partial charge in [-0.2, -0.15) is 0 Å². The van der Waals surface area contributed by atoms with E-state index in [0.717, 1.165) is 31.4 Å². The van der Waals surface area contributed by atoms with Gasteiger partial charge in [0.2, 0.25) is 0 Å². The zero-order valence-electron chi connectivity index (χ0n) is 12.0. The van der Waals surface area contributed by atoms with Crippen molar-refractivity contribution in [3.8, 4) is 0 Å². The Balaban J connectivity index is 2.07. The molecule has 0 saturated heterocycles. The second-order valence-electron chi connectivity index (χ2n) is 5.74. The predicted octanol–water partition coefficient (Wildman–Crippen LogP) is 2.89. The second kappa shape index (κ2) is 4.46. The van der Waals surface area contributed by atoms with Crippen molar-refractivity contribution in [2.45, 2.75) is 25.8 Å². The number of carbonyl (C=O) groups is 1. The molecule has 2 aliphatic heterocycles. The summed E-state index contributed by atoms with van der Waals surface area (Å²) in [5.74, 6) is -0.842. The third-order valence-electron chi connectivity index (χ3n) is 4.83. The lowest BCUT2D eigenvalue weighted by molar-refractivity contribution is -0.130. The van der Waals surface area contributed by atoms with Crippen molar-refractivity contribution in [1.29, 1.82) is 0 Å². The molecule has 0 radical (unpaired) electrons. The summed E-state index contributed by atoms with van der Waals surface area (Å²) < 4.78 is 1.98. The molecule has 4 nitrogen and oxygen atoms in total. The minimum atomic E-state index is -0.842. The molecule has 2 aliphatic rings. The van der Waals surface area contributed by atoms with Gasteiger partial charge in [-0.1, -0.05) is 31.2 Å². The van der Waals surface area contributed by atoms with Gasteiger partial charge in [0.05, 0.1) is 11.6 Å². The summed E-state index contributed by atoms with van der Waals surface area (Å²) in [6.45, 7) is 4.23. The molecule has 0 spiro atoms. The molecular weight excluding hydrogens is 264 g/mol. The molecule has 2 aromatic rings. The molecule has 1 aromatic heterocycles. The first-order valence-electron chi connectivity index (χ1n) is 7.52. The zero-order chi connectivity index (χ0) is 14.6. The van der Waals surface area contributed by atoms with Gasteiger partial charge in [0.25, 0.3) is 0 Å². The molecule has 108 valence electrons. The fourth-order valence-corrected chi connectivity index (χ4v) is 3.92. The third-order valence-corrected chi connectivity index (χ3v) is 4.83. The molecule has 21 heavy (non-hydrogen) atoms. The molecule has 1 N–H and O–H groups in total. The number of nitrogens with zero attached hydrogens (tertiary/aromatic N) is 2. The van der Waals surface area contributed by atoms with Gasteiger partial charge < -0.3 is 9.67 Å². The Labute approximate surface area is 123 Å². The number of para-hydroxylation sites is 1. The molecular formula is C17H18N2O2. The van der Waals surface area contributed by atoms with E-state index >= 15 is 0 Å². The topological polar surface area (TPSA) is 45.5 Å². The van der Waals surface area contributed by atoms with Crippen LogP contribution in [-0.4, -0.2) is 33.6 Å². The molecule has 0 unspecified atom stereocenters. The summed E-state index contributed by atoms with van der Waals surface area (Å²) in [5, 5.41) is 10.8. The molecule has 0 fully saturated rings. The Morgan fingerprint density at radius 1 is 1.38 bits per heavy atom. The van der Waals surface area contributed by atoms with Crippen molar-refractivity contribution >= 4 is 22.6 Å². The van der Waals surface area contributed by atoms with Gasteiger partial charge in [-0.25, -0.2) is 4.79 Å². The van der Waals surface area contributed by atoms with Crippen LogP contribution in [-0.2, 0) is 11.2 Å². The molecule has 4 heteroatoms. The van der Waals surface area contributed by atoms with E-state index in [2.05, 4.69) is 17.9 Å². The Hall–Kier alpha value is -2.07. The van der Waals surface area contributed by atoms with Gasteiger partial charge in [0.1, 0.15) is 5.70 Å². The predicted molar refractivity (Wildman–Crippen MR) is 82.2 cm³/mol. The fraction of sp³-hybridized carbons (Fsp3) is 0.353. The molecule has 0 bridgehead atoms. The van der Waals surface area contributed by atoms with Crippen LogP contribution in [0.25, 0.3) is 16.6 Å². The lowest BCUT2D eigenvalue weighted by Gasteiger charge is -2.38. The summed E-state index contributed by atoms with van der Waals surface area (Å²) in [4.78, 5) is 14.1. The van der Waals surface area contributed by atoms with Gasteiger partial charge in [0.15, 0.2) is 0 Å². The highest BCUT2D eigenvalue weighted by Crippen LogP contribution is 2.43. The number of hydrogen-bond donors (Lipinski definition) is 1. The molecule has 1 aromatic carbocycles. The monoisotopic (exact) mass is 282 g/mol. The molecule has 0 aliphatic carbocycles. The highest BCUT2D eigenvalue weighted by atomic mass is 16.4. The van der Waals surface area contributed by atoms with Crippen LogP contribution in [0.5, 0.6) is 0 Å². The maximum atomic E-state index is 11.6. The molecule has 0 amide bonds. The van der Waals surface area contributed by atoms with Crippen LogP contribution in [0.2, 0.25) is 0 Å². The quantitative estimate of drug-likeness (QED) is 0.921. The normalized spacial score (nSPS) is 21.2. The molecule has 4 rings (SSSR count). The number of benzene rings is 1. The van der Waals surface area contributed by atoms with Crippen molar-refractivity contribution in [2.24, 2.45) is 0 Å². The van der Waals surface area contributed by atoms with Crippen LogP contribution in [0.1, 0.15) is 30.6 Å². The third kappa shape index (κ3) is 1.62. The van der Waals surface area contributed by atoms with E-state index < -0.39 is 5.97 Å². The smallest absolute Gasteiger partial charge is 0.352 e. The van der Waals surface area contributed by atoms with Crippen molar-refractivity contribution in [1.82, 2.24) is 9.47 Å². The van der Waals surface area contributed by atoms with Gasteiger partial charge >= 0.3 is 5.97 Å². The standard InChI is InChI=1S/C17H18N2O2/c1-2-18-10-9-12-11-5-3-4-6-13(11)19-15(17(20)21)8-7-14(18)16(12)19/h3-6,8,14H,2,7,9-10H2,1H3,(H,20,21)/t14-/m1/s1. The highest BCUT2D eigenvalue weighted by Gasteiger charge is 2.36. The number of hydrogen-bond acceptors (Lipinski definition) is 2. The van der Waals surface area contributed by atoms with Gasteiger partial charge in [-0.05, 0) is 31.0 Å². The van der Waals surface area contributed by atoms with E-state index in [1.54, 1.807) is 0 Å². The van der Waals surface area contributed by atoms with E-state index in [9.17, 15) is 9.90 Å². The maximum absolute atomic E-state index is 11.6. The number of aromatic nitrogens is 1. The number of carboxylic acids is 1. The Morgan fingerprint density at radius 3 is 2.95 bits per heavy atom. The van der Waals surface area contributed by atoms with Crippen LogP contribution in [0.4, 0.5) is 0 Å². The van der Waals surface area contributed by atoms with Crippen molar-refractivity contribution in [2.75, 3.05) is 13.1 Å². The van der Waals surface area contributed by atoms with E-state index in [4.69, 9.17) is 0 Å². The first-order valence-corrected chi connectivity index (χ1v) is 7.52. The SMILES string of the molecule is CCN1CCc2c3n(c4ccccc24)C(C(=O)O)=CC[C@H]31. The largest absolute Gasteiger partial charge is 0.477 e. The lowest BCUT2D eigenvalue weighted by Crippen LogP contribution is -2.37. The van der Waals surface area contributed by atoms with E-state index in [1.807, 2.05) is 28.8 Å². The van der Waals surface area contributed by atoms with Crippen LogP contribution >= 0.6 is 0 Å². The molecule has 0 saturated carbocycles. The zero-order valence-corrected chi connectivity index (χ0v) is 12.0. The first kappa shape index (κ1) is 12.7. The average Bonchev–Trinajstić information content (AvgIpc) is 2.84. The Bertz CT molecular complexity index is 772. The average molecular weight is 282 g/mol. The molecule has 3 heterocycles. The Kier molecular flexibility index (Phi) is 2.69. The summed E-state index contributed by atoms with van der Waals surface area (Å²) in [5.41, 5.74) is 3.97. The Morgan fingerprint density at radius 2 is 2.19 bits per heavy atom. The summed E-state index contributed by atoms with van der Waals surface area (Å²) in [7, 11) is 0. The number of likely N-dealkylation sites (N-methyl/N-ethyl adjacent to an activating group) is 1. The van der Waals surface area contributed by atoms with E-state index in [1.165, 1.54) is 16.6 Å². The summed E-state index contributed by atoms with van der Waals surface area (Å²) >= 11 is 0. The molecule has 1 atom stereocenters. The van der Waals surface area contributed by atoms with Gasteiger partial charge in [-0.3, -0.25) is 4.90 Å². The fourth-order valence-electron chi connectivity index (χ4n) is 3.92. The number of aliphatic carboxylic acids is 1. The minimum absolute atomic E-state index is 0.314. The summed E-state index contributed by atoms with van der Waals surface area (Å²) in [6.07, 6.45) is 3.67. The van der Waals surface area contributed by atoms with E-state index in [-0.39, 0.29) is 0 Å². The number of fused-ring (bicyclic) bond motifs is 3. The van der Waals surface area contributed by atoms with Crippen molar-refractivity contribution in [3.05, 3.63) is 41.6 Å². The van der Waals surface area contributed by atoms with Gasteiger partial charge in [-0.15, -0.1) is 0 Å². The number of carboxylic acid groups (broad SMARTS) is 1. The highest BCUT2D eigenvalue weighted by molar-refractivity contribution is 6.12. The number of rotatable bonds is 2. The van der Waals surface area contributed by atoms with Crippen molar-refractivity contribution < 1.29 is 9.90 Å². The summed E-state index contributed by atoms with van der Waals surface area (Å²) in [6, 6.07) is 8.49. The van der Waals surface area contributed by atoms with Crippen LogP contribution < -0.4 is 0 Å².